The fourth-order valence-electron chi connectivity index (χ4n) is 2.17. The predicted octanol–water partition coefficient (Wildman–Crippen LogP) is 2.79. The number of fused-ring (bicyclic) bond motifs is 1. The fourth-order valence-corrected chi connectivity index (χ4v) is 2.17. The number of carbonyl (C=O) groups is 1. The molecule has 0 unspecified atom stereocenters. The van der Waals surface area contributed by atoms with Gasteiger partial charge in [0, 0.05) is 5.69 Å². The number of ether oxygens (including phenoxy) is 1. The van der Waals surface area contributed by atoms with Crippen molar-refractivity contribution in [3.63, 3.8) is 0 Å². The highest BCUT2D eigenvalue weighted by molar-refractivity contribution is 5.90. The minimum atomic E-state index is -0.293. The molecule has 1 N–H and O–H groups in total. The second kappa shape index (κ2) is 4.16. The van der Waals surface area contributed by atoms with Gasteiger partial charge in [-0.3, -0.25) is 0 Å². The summed E-state index contributed by atoms with van der Waals surface area (Å²) in [7, 11) is 1.40. The van der Waals surface area contributed by atoms with E-state index in [1.165, 1.54) is 18.2 Å². The Morgan fingerprint density at radius 2 is 2.25 bits per heavy atom. The first-order chi connectivity index (χ1) is 7.61. The normalized spacial score (nSPS) is 16.9. The molecule has 0 amide bonds. The van der Waals surface area contributed by atoms with Crippen molar-refractivity contribution in [2.45, 2.75) is 26.7 Å². The van der Waals surface area contributed by atoms with E-state index in [4.69, 9.17) is 4.74 Å². The summed E-state index contributed by atoms with van der Waals surface area (Å²) < 4.78 is 4.70. The van der Waals surface area contributed by atoms with Crippen LogP contribution in [0.5, 0.6) is 0 Å². The zero-order valence-corrected chi connectivity index (χ0v) is 9.96. The number of nitrogens with one attached hydrogen (secondary N) is 1. The first kappa shape index (κ1) is 11.0. The molecule has 0 saturated heterocycles. The molecule has 0 bridgehead atoms. The second-order valence-electron chi connectivity index (χ2n) is 4.50. The molecule has 2 rings (SSSR count). The number of hydrogen-bond acceptors (Lipinski definition) is 2. The number of hydrogen-bond donors (Lipinski definition) is 1. The Morgan fingerprint density at radius 1 is 1.50 bits per heavy atom. The second-order valence-corrected chi connectivity index (χ2v) is 4.50. The molecule has 86 valence electrons. The van der Waals surface area contributed by atoms with Gasteiger partial charge >= 0.3 is 5.97 Å². The van der Waals surface area contributed by atoms with Crippen LogP contribution in [-0.2, 0) is 11.2 Å². The Hall–Kier alpha value is -1.51. The van der Waals surface area contributed by atoms with Gasteiger partial charge in [0.15, 0.2) is 0 Å². The molecule has 1 aliphatic carbocycles. The third-order valence-electron chi connectivity index (χ3n) is 2.83. The molecular formula is C13H17NO2. The van der Waals surface area contributed by atoms with Gasteiger partial charge in [-0.2, -0.15) is 0 Å². The van der Waals surface area contributed by atoms with E-state index in [9.17, 15) is 4.79 Å². The van der Waals surface area contributed by atoms with Crippen molar-refractivity contribution < 1.29 is 9.53 Å². The topological polar surface area (TPSA) is 42.1 Å². The summed E-state index contributed by atoms with van der Waals surface area (Å²) in [5.41, 5.74) is 4.25. The molecule has 16 heavy (non-hydrogen) atoms. The summed E-state index contributed by atoms with van der Waals surface area (Å²) in [6, 6.07) is 1.91. The van der Waals surface area contributed by atoms with Crippen LogP contribution in [0, 0.1) is 5.92 Å². The van der Waals surface area contributed by atoms with Crippen molar-refractivity contribution >= 4 is 11.5 Å². The zero-order valence-electron chi connectivity index (χ0n) is 9.96. The molecule has 0 spiro atoms. The zero-order chi connectivity index (χ0) is 11.7. The summed E-state index contributed by atoms with van der Waals surface area (Å²) in [4.78, 5) is 14.5. The largest absolute Gasteiger partial charge is 0.464 e. The SMILES string of the molecule is COC(=O)c1cc2c([nH]1)CC/C2=C/C(C)C. The number of carbonyl (C=O) groups excluding carboxylic acids is 1. The number of H-pyrrole nitrogens is 1. The molecule has 0 aromatic carbocycles. The van der Waals surface area contributed by atoms with Gasteiger partial charge in [-0.15, -0.1) is 0 Å². The molecule has 3 nitrogen and oxygen atoms in total. The van der Waals surface area contributed by atoms with E-state index in [0.717, 1.165) is 18.5 Å². The Bertz CT molecular complexity index is 441. The number of aromatic nitrogens is 1. The van der Waals surface area contributed by atoms with Crippen molar-refractivity contribution in [1.29, 1.82) is 0 Å². The maximum atomic E-state index is 11.4. The van der Waals surface area contributed by atoms with Crippen LogP contribution in [-0.4, -0.2) is 18.1 Å². The molecule has 1 aliphatic rings. The highest BCUT2D eigenvalue weighted by Crippen LogP contribution is 2.33. The number of allylic oxidation sites excluding steroid dienone is 2. The molecule has 1 heterocycles. The third-order valence-corrected chi connectivity index (χ3v) is 2.83. The molecule has 0 saturated carbocycles. The summed E-state index contributed by atoms with van der Waals surface area (Å²) in [5, 5.41) is 0. The van der Waals surface area contributed by atoms with Gasteiger partial charge in [0.25, 0.3) is 0 Å². The molecule has 0 fully saturated rings. The van der Waals surface area contributed by atoms with Crippen molar-refractivity contribution in [3.8, 4) is 0 Å². The molecule has 1 aromatic rings. The van der Waals surface area contributed by atoms with Crippen molar-refractivity contribution in [3.05, 3.63) is 29.1 Å². The van der Waals surface area contributed by atoms with E-state index in [2.05, 4.69) is 24.9 Å². The Labute approximate surface area is 95.5 Å². The van der Waals surface area contributed by atoms with Crippen LogP contribution in [0.3, 0.4) is 0 Å². The van der Waals surface area contributed by atoms with Crippen LogP contribution in [0.4, 0.5) is 0 Å². The summed E-state index contributed by atoms with van der Waals surface area (Å²) >= 11 is 0. The first-order valence-corrected chi connectivity index (χ1v) is 5.63. The molecule has 0 atom stereocenters. The lowest BCUT2D eigenvalue weighted by atomic mass is 10.1. The highest BCUT2D eigenvalue weighted by atomic mass is 16.5. The number of rotatable bonds is 2. The van der Waals surface area contributed by atoms with E-state index in [1.807, 2.05) is 6.07 Å². The summed E-state index contributed by atoms with van der Waals surface area (Å²) in [6.07, 6.45) is 4.33. The minimum absolute atomic E-state index is 0.293. The average molecular weight is 219 g/mol. The molecule has 0 aliphatic heterocycles. The van der Waals surface area contributed by atoms with Crippen LogP contribution < -0.4 is 0 Å². The highest BCUT2D eigenvalue weighted by Gasteiger charge is 2.21. The number of aromatic amines is 1. The van der Waals surface area contributed by atoms with Crippen LogP contribution in [0.2, 0.25) is 0 Å². The Morgan fingerprint density at radius 3 is 2.88 bits per heavy atom. The van der Waals surface area contributed by atoms with E-state index in [-0.39, 0.29) is 5.97 Å². The van der Waals surface area contributed by atoms with Crippen LogP contribution in [0.15, 0.2) is 12.1 Å². The van der Waals surface area contributed by atoms with Gasteiger partial charge in [0.05, 0.1) is 7.11 Å². The lowest BCUT2D eigenvalue weighted by Gasteiger charge is -2.00. The molecule has 3 heteroatoms. The molecule has 0 radical (unpaired) electrons. The van der Waals surface area contributed by atoms with Crippen LogP contribution in [0.1, 0.15) is 42.0 Å². The number of methoxy groups -OCH3 is 1. The Kier molecular flexibility index (Phi) is 2.86. The maximum Gasteiger partial charge on any atom is 0.354 e. The monoisotopic (exact) mass is 219 g/mol. The average Bonchev–Trinajstić information content (AvgIpc) is 2.78. The standard InChI is InChI=1S/C13H17NO2/c1-8(2)6-9-4-5-11-10(9)7-12(14-11)13(15)16-3/h6-8,14H,4-5H2,1-3H3/b9-6-. The predicted molar refractivity (Wildman–Crippen MR) is 63.3 cm³/mol. The van der Waals surface area contributed by atoms with Gasteiger partial charge in [0.1, 0.15) is 5.69 Å². The number of aryl methyl sites for hydroxylation is 1. The first-order valence-electron chi connectivity index (χ1n) is 5.63. The van der Waals surface area contributed by atoms with Crippen LogP contribution in [0.25, 0.3) is 5.57 Å². The lowest BCUT2D eigenvalue weighted by molar-refractivity contribution is 0.0594. The molecule has 1 aromatic heterocycles. The quantitative estimate of drug-likeness (QED) is 0.777. The summed E-state index contributed by atoms with van der Waals surface area (Å²) in [5.74, 6) is 0.246. The van der Waals surface area contributed by atoms with E-state index < -0.39 is 0 Å². The smallest absolute Gasteiger partial charge is 0.354 e. The minimum Gasteiger partial charge on any atom is -0.464 e. The fraction of sp³-hybridized carbons (Fsp3) is 0.462. The van der Waals surface area contributed by atoms with Crippen molar-refractivity contribution in [2.75, 3.05) is 7.11 Å². The maximum absolute atomic E-state index is 11.4. The van der Waals surface area contributed by atoms with Gasteiger partial charge in [-0.25, -0.2) is 4.79 Å². The van der Waals surface area contributed by atoms with Gasteiger partial charge in [-0.05, 0) is 36.0 Å². The number of esters is 1. The van der Waals surface area contributed by atoms with E-state index in [0.29, 0.717) is 11.6 Å². The van der Waals surface area contributed by atoms with Crippen molar-refractivity contribution in [2.24, 2.45) is 5.92 Å². The lowest BCUT2D eigenvalue weighted by Crippen LogP contribution is -2.01. The van der Waals surface area contributed by atoms with E-state index in [1.54, 1.807) is 0 Å². The Balaban J connectivity index is 2.33. The van der Waals surface area contributed by atoms with Crippen molar-refractivity contribution in [1.82, 2.24) is 4.98 Å². The van der Waals surface area contributed by atoms with Gasteiger partial charge < -0.3 is 9.72 Å². The van der Waals surface area contributed by atoms with Gasteiger partial charge in [-0.1, -0.05) is 19.9 Å². The summed E-state index contributed by atoms with van der Waals surface area (Å²) in [6.45, 7) is 4.33. The van der Waals surface area contributed by atoms with Gasteiger partial charge in [0.2, 0.25) is 0 Å². The third kappa shape index (κ3) is 1.90. The van der Waals surface area contributed by atoms with Crippen LogP contribution >= 0.6 is 0 Å². The van der Waals surface area contributed by atoms with E-state index >= 15 is 0 Å². The molecular weight excluding hydrogens is 202 g/mol.